The van der Waals surface area contributed by atoms with Crippen LogP contribution in [0.4, 0.5) is 5.82 Å². The first-order valence-electron chi connectivity index (χ1n) is 4.80. The lowest BCUT2D eigenvalue weighted by molar-refractivity contribution is 0.873. The fourth-order valence-electron chi connectivity index (χ4n) is 1.46. The standard InChI is InChI=1S/C10H14ClN3/c1-14(7-2-3-7)10-5-4-8(11)9(6-12)13-10/h4-5,7H,2-3,6,12H2,1H3. The summed E-state index contributed by atoms with van der Waals surface area (Å²) in [6, 6.07) is 4.47. The highest BCUT2D eigenvalue weighted by molar-refractivity contribution is 6.31. The zero-order valence-electron chi connectivity index (χ0n) is 8.20. The van der Waals surface area contributed by atoms with Gasteiger partial charge in [0.1, 0.15) is 5.82 Å². The van der Waals surface area contributed by atoms with E-state index in [1.54, 1.807) is 0 Å². The van der Waals surface area contributed by atoms with Gasteiger partial charge in [-0.25, -0.2) is 4.98 Å². The summed E-state index contributed by atoms with van der Waals surface area (Å²) < 4.78 is 0. The molecule has 1 saturated carbocycles. The Hall–Kier alpha value is -0.800. The number of hydrogen-bond acceptors (Lipinski definition) is 3. The highest BCUT2D eigenvalue weighted by Gasteiger charge is 2.27. The van der Waals surface area contributed by atoms with Crippen molar-refractivity contribution < 1.29 is 0 Å². The van der Waals surface area contributed by atoms with Gasteiger partial charge in [0, 0.05) is 19.6 Å². The van der Waals surface area contributed by atoms with Gasteiger partial charge >= 0.3 is 0 Å². The van der Waals surface area contributed by atoms with Gasteiger partial charge in [0.2, 0.25) is 0 Å². The fraction of sp³-hybridized carbons (Fsp3) is 0.500. The highest BCUT2D eigenvalue weighted by atomic mass is 35.5. The maximum atomic E-state index is 5.94. The van der Waals surface area contributed by atoms with Gasteiger partial charge in [0.25, 0.3) is 0 Å². The minimum Gasteiger partial charge on any atom is -0.357 e. The molecule has 4 heteroatoms. The number of aromatic nitrogens is 1. The van der Waals surface area contributed by atoms with Gasteiger partial charge in [-0.1, -0.05) is 11.6 Å². The first kappa shape index (κ1) is 9.74. The van der Waals surface area contributed by atoms with Gasteiger partial charge in [-0.2, -0.15) is 0 Å². The third-order valence-electron chi connectivity index (χ3n) is 2.55. The van der Waals surface area contributed by atoms with Crippen LogP contribution in [0, 0.1) is 0 Å². The molecule has 1 aliphatic rings. The van der Waals surface area contributed by atoms with Crippen molar-refractivity contribution >= 4 is 17.4 Å². The summed E-state index contributed by atoms with van der Waals surface area (Å²) in [5.41, 5.74) is 6.32. The van der Waals surface area contributed by atoms with Crippen molar-refractivity contribution in [3.8, 4) is 0 Å². The van der Waals surface area contributed by atoms with Crippen LogP contribution in [0.15, 0.2) is 12.1 Å². The van der Waals surface area contributed by atoms with E-state index in [4.69, 9.17) is 17.3 Å². The van der Waals surface area contributed by atoms with Crippen molar-refractivity contribution in [3.63, 3.8) is 0 Å². The second-order valence-electron chi connectivity index (χ2n) is 3.64. The average Bonchev–Trinajstić information content (AvgIpc) is 3.01. The van der Waals surface area contributed by atoms with Gasteiger partial charge in [-0.05, 0) is 25.0 Å². The Bertz CT molecular complexity index is 336. The predicted molar refractivity (Wildman–Crippen MR) is 58.6 cm³/mol. The zero-order valence-corrected chi connectivity index (χ0v) is 8.96. The summed E-state index contributed by atoms with van der Waals surface area (Å²) in [5.74, 6) is 0.970. The minimum absolute atomic E-state index is 0.394. The summed E-state index contributed by atoms with van der Waals surface area (Å²) in [6.07, 6.45) is 2.53. The Morgan fingerprint density at radius 1 is 1.57 bits per heavy atom. The quantitative estimate of drug-likeness (QED) is 0.829. The maximum Gasteiger partial charge on any atom is 0.128 e. The molecule has 1 aromatic rings. The molecule has 0 spiro atoms. The van der Waals surface area contributed by atoms with E-state index in [0.29, 0.717) is 17.6 Å². The number of pyridine rings is 1. The summed E-state index contributed by atoms with van der Waals surface area (Å²) in [7, 11) is 2.06. The molecule has 1 heterocycles. The number of anilines is 1. The number of rotatable bonds is 3. The predicted octanol–water partition coefficient (Wildman–Crippen LogP) is 1.79. The van der Waals surface area contributed by atoms with Crippen LogP contribution >= 0.6 is 11.6 Å². The molecule has 0 aliphatic heterocycles. The minimum atomic E-state index is 0.394. The number of hydrogen-bond donors (Lipinski definition) is 1. The molecule has 0 radical (unpaired) electrons. The van der Waals surface area contributed by atoms with Crippen molar-refractivity contribution in [1.82, 2.24) is 4.98 Å². The molecule has 0 unspecified atom stereocenters. The summed E-state index contributed by atoms with van der Waals surface area (Å²) >= 11 is 5.94. The molecule has 1 aromatic heterocycles. The second-order valence-corrected chi connectivity index (χ2v) is 4.05. The number of halogens is 1. The van der Waals surface area contributed by atoms with Crippen molar-refractivity contribution in [3.05, 3.63) is 22.8 Å². The molecule has 76 valence electrons. The first-order chi connectivity index (χ1) is 6.72. The first-order valence-corrected chi connectivity index (χ1v) is 5.18. The Labute approximate surface area is 88.9 Å². The van der Waals surface area contributed by atoms with Crippen LogP contribution < -0.4 is 10.6 Å². The summed E-state index contributed by atoms with van der Waals surface area (Å²) in [5, 5.41) is 0.653. The second kappa shape index (κ2) is 3.75. The molecular weight excluding hydrogens is 198 g/mol. The largest absolute Gasteiger partial charge is 0.357 e. The van der Waals surface area contributed by atoms with Crippen LogP contribution in [0.2, 0.25) is 5.02 Å². The van der Waals surface area contributed by atoms with Gasteiger partial charge < -0.3 is 10.6 Å². The Balaban J connectivity index is 2.25. The smallest absolute Gasteiger partial charge is 0.128 e. The average molecular weight is 212 g/mol. The zero-order chi connectivity index (χ0) is 10.1. The molecule has 0 atom stereocenters. The topological polar surface area (TPSA) is 42.1 Å². The van der Waals surface area contributed by atoms with E-state index in [2.05, 4.69) is 16.9 Å². The molecule has 3 nitrogen and oxygen atoms in total. The number of nitrogens with two attached hydrogens (primary N) is 1. The molecule has 1 fully saturated rings. The van der Waals surface area contributed by atoms with E-state index in [-0.39, 0.29) is 0 Å². The Morgan fingerprint density at radius 2 is 2.29 bits per heavy atom. The summed E-state index contributed by atoms with van der Waals surface area (Å²) in [6.45, 7) is 0.394. The van der Waals surface area contributed by atoms with Crippen LogP contribution in [0.5, 0.6) is 0 Å². The molecule has 0 aromatic carbocycles. The van der Waals surface area contributed by atoms with Crippen LogP contribution in [0.25, 0.3) is 0 Å². The SMILES string of the molecule is CN(c1ccc(Cl)c(CN)n1)C1CC1. The van der Waals surface area contributed by atoms with Gasteiger partial charge in [-0.15, -0.1) is 0 Å². The lowest BCUT2D eigenvalue weighted by Crippen LogP contribution is -2.21. The van der Waals surface area contributed by atoms with Crippen molar-refractivity contribution in [1.29, 1.82) is 0 Å². The highest BCUT2D eigenvalue weighted by Crippen LogP contribution is 2.29. The van der Waals surface area contributed by atoms with Crippen molar-refractivity contribution in [2.45, 2.75) is 25.4 Å². The third-order valence-corrected chi connectivity index (χ3v) is 2.90. The van der Waals surface area contributed by atoms with Gasteiger partial charge in [-0.3, -0.25) is 0 Å². The molecule has 1 aliphatic carbocycles. The van der Waals surface area contributed by atoms with E-state index in [1.807, 2.05) is 12.1 Å². The van der Waals surface area contributed by atoms with Crippen LogP contribution in [-0.4, -0.2) is 18.1 Å². The Morgan fingerprint density at radius 3 is 2.86 bits per heavy atom. The van der Waals surface area contributed by atoms with Gasteiger partial charge in [0.15, 0.2) is 0 Å². The molecule has 0 saturated heterocycles. The third kappa shape index (κ3) is 1.83. The van der Waals surface area contributed by atoms with E-state index < -0.39 is 0 Å². The molecular formula is C10H14ClN3. The summed E-state index contributed by atoms with van der Waals surface area (Å²) in [4.78, 5) is 6.61. The van der Waals surface area contributed by atoms with E-state index in [0.717, 1.165) is 11.5 Å². The fourth-order valence-corrected chi connectivity index (χ4v) is 1.64. The molecule has 0 bridgehead atoms. The van der Waals surface area contributed by atoms with Crippen molar-refractivity contribution in [2.75, 3.05) is 11.9 Å². The van der Waals surface area contributed by atoms with Crippen LogP contribution in [0.3, 0.4) is 0 Å². The number of nitrogens with zero attached hydrogens (tertiary/aromatic N) is 2. The van der Waals surface area contributed by atoms with E-state index in [1.165, 1.54) is 12.8 Å². The monoisotopic (exact) mass is 211 g/mol. The lowest BCUT2D eigenvalue weighted by Gasteiger charge is -2.18. The van der Waals surface area contributed by atoms with Gasteiger partial charge in [0.05, 0.1) is 10.7 Å². The van der Waals surface area contributed by atoms with Crippen molar-refractivity contribution in [2.24, 2.45) is 5.73 Å². The molecule has 2 rings (SSSR count). The maximum absolute atomic E-state index is 5.94. The lowest BCUT2D eigenvalue weighted by atomic mass is 10.3. The van der Waals surface area contributed by atoms with E-state index in [9.17, 15) is 0 Å². The normalized spacial score (nSPS) is 15.6. The van der Waals surface area contributed by atoms with E-state index >= 15 is 0 Å². The van der Waals surface area contributed by atoms with Crippen LogP contribution in [0.1, 0.15) is 18.5 Å². The molecule has 14 heavy (non-hydrogen) atoms. The molecule has 0 amide bonds. The Kier molecular flexibility index (Phi) is 2.61. The van der Waals surface area contributed by atoms with Crippen LogP contribution in [-0.2, 0) is 6.54 Å². The molecule has 2 N–H and O–H groups in total.